The average molecular weight is 388 g/mol. The normalized spacial score (nSPS) is 10.4. The summed E-state index contributed by atoms with van der Waals surface area (Å²) in [5.41, 5.74) is -0.290. The molecule has 24 heavy (non-hydrogen) atoms. The summed E-state index contributed by atoms with van der Waals surface area (Å²) in [6.07, 6.45) is 0. The highest BCUT2D eigenvalue weighted by Crippen LogP contribution is 2.17. The van der Waals surface area contributed by atoms with Gasteiger partial charge in [-0.05, 0) is 29.6 Å². The van der Waals surface area contributed by atoms with Crippen molar-refractivity contribution >= 4 is 46.6 Å². The lowest BCUT2D eigenvalue weighted by Gasteiger charge is -2.07. The quantitative estimate of drug-likeness (QED) is 0.553. The van der Waals surface area contributed by atoms with Crippen LogP contribution in [0.3, 0.4) is 0 Å². The summed E-state index contributed by atoms with van der Waals surface area (Å²) >= 11 is 9.10. The van der Waals surface area contributed by atoms with Crippen molar-refractivity contribution in [1.82, 2.24) is 5.32 Å². The predicted octanol–water partition coefficient (Wildman–Crippen LogP) is 3.75. The molecule has 1 N–H and O–H groups in total. The number of benzene rings is 1. The first kappa shape index (κ1) is 18.8. The Labute approximate surface area is 152 Å². The molecule has 0 saturated carbocycles. The van der Waals surface area contributed by atoms with Crippen molar-refractivity contribution in [3.63, 3.8) is 0 Å². The maximum absolute atomic E-state index is 13.5. The van der Waals surface area contributed by atoms with Gasteiger partial charge in [0.05, 0.1) is 5.56 Å². The van der Waals surface area contributed by atoms with Gasteiger partial charge in [-0.3, -0.25) is 4.79 Å². The molecule has 1 aromatic heterocycles. The van der Waals surface area contributed by atoms with Gasteiger partial charge in [-0.25, -0.2) is 9.18 Å². The van der Waals surface area contributed by atoms with Gasteiger partial charge in [-0.2, -0.15) is 11.8 Å². The van der Waals surface area contributed by atoms with E-state index in [0.717, 1.165) is 17.6 Å². The monoisotopic (exact) mass is 387 g/mol. The van der Waals surface area contributed by atoms with Crippen LogP contribution in [0.1, 0.15) is 15.2 Å². The van der Waals surface area contributed by atoms with Crippen LogP contribution >= 0.6 is 34.7 Å². The van der Waals surface area contributed by atoms with Gasteiger partial charge in [0.15, 0.2) is 6.61 Å². The maximum Gasteiger partial charge on any atom is 0.341 e. The summed E-state index contributed by atoms with van der Waals surface area (Å²) in [5.74, 6) is -0.439. The molecule has 8 heteroatoms. The molecular weight excluding hydrogens is 373 g/mol. The van der Waals surface area contributed by atoms with E-state index in [1.54, 1.807) is 23.1 Å². The van der Waals surface area contributed by atoms with Crippen molar-refractivity contribution in [3.8, 4) is 0 Å². The second-order valence-corrected chi connectivity index (χ2v) is 7.26. The Morgan fingerprint density at radius 1 is 1.33 bits per heavy atom. The topological polar surface area (TPSA) is 55.4 Å². The van der Waals surface area contributed by atoms with E-state index in [1.807, 2.05) is 11.4 Å². The summed E-state index contributed by atoms with van der Waals surface area (Å²) < 4.78 is 18.3. The number of rotatable bonds is 8. The molecule has 128 valence electrons. The SMILES string of the molecule is O=C(COC(=O)c1cc(Cl)ccc1F)NCCSCc1cccs1. The average Bonchev–Trinajstić information content (AvgIpc) is 3.08. The molecule has 1 heterocycles. The molecule has 2 aromatic rings. The third-order valence-corrected chi connectivity index (χ3v) is 5.18. The Hall–Kier alpha value is -1.57. The van der Waals surface area contributed by atoms with Gasteiger partial charge >= 0.3 is 5.97 Å². The smallest absolute Gasteiger partial charge is 0.341 e. The number of carbonyl (C=O) groups is 2. The van der Waals surface area contributed by atoms with Crippen LogP contribution in [-0.4, -0.2) is 30.8 Å². The van der Waals surface area contributed by atoms with Gasteiger partial charge in [0.25, 0.3) is 5.91 Å². The van der Waals surface area contributed by atoms with E-state index < -0.39 is 24.3 Å². The molecule has 0 unspecified atom stereocenters. The van der Waals surface area contributed by atoms with E-state index >= 15 is 0 Å². The molecule has 0 spiro atoms. The molecule has 0 radical (unpaired) electrons. The van der Waals surface area contributed by atoms with Crippen molar-refractivity contribution < 1.29 is 18.7 Å². The zero-order chi connectivity index (χ0) is 17.4. The van der Waals surface area contributed by atoms with Crippen LogP contribution in [0.2, 0.25) is 5.02 Å². The maximum atomic E-state index is 13.5. The van der Waals surface area contributed by atoms with Crippen molar-refractivity contribution in [1.29, 1.82) is 0 Å². The molecule has 0 bridgehead atoms. The number of nitrogens with one attached hydrogen (secondary N) is 1. The minimum absolute atomic E-state index is 0.218. The highest BCUT2D eigenvalue weighted by Gasteiger charge is 2.15. The summed E-state index contributed by atoms with van der Waals surface area (Å²) in [7, 11) is 0. The molecule has 0 aliphatic carbocycles. The summed E-state index contributed by atoms with van der Waals surface area (Å²) in [6, 6.07) is 7.63. The summed E-state index contributed by atoms with van der Waals surface area (Å²) in [6.45, 7) is 0.0122. The molecule has 1 amide bonds. The molecule has 4 nitrogen and oxygen atoms in total. The number of amides is 1. The number of ether oxygens (including phenoxy) is 1. The van der Waals surface area contributed by atoms with Gasteiger partial charge in [-0.15, -0.1) is 11.3 Å². The summed E-state index contributed by atoms with van der Waals surface area (Å²) in [5, 5.41) is 4.88. The first-order valence-corrected chi connectivity index (χ1v) is 9.46. The zero-order valence-corrected chi connectivity index (χ0v) is 15.0. The van der Waals surface area contributed by atoms with Crippen LogP contribution in [0.4, 0.5) is 4.39 Å². The number of hydrogen-bond donors (Lipinski definition) is 1. The van der Waals surface area contributed by atoms with E-state index in [4.69, 9.17) is 16.3 Å². The van der Waals surface area contributed by atoms with Gasteiger partial charge in [0.1, 0.15) is 5.82 Å². The van der Waals surface area contributed by atoms with Crippen LogP contribution in [0.15, 0.2) is 35.7 Å². The van der Waals surface area contributed by atoms with Crippen molar-refractivity contribution in [2.75, 3.05) is 18.9 Å². The third-order valence-electron chi connectivity index (χ3n) is 2.88. The molecule has 0 saturated heterocycles. The fourth-order valence-corrected chi connectivity index (χ4v) is 3.62. The highest BCUT2D eigenvalue weighted by atomic mass is 35.5. The Balaban J connectivity index is 1.63. The van der Waals surface area contributed by atoms with Crippen LogP contribution in [-0.2, 0) is 15.3 Å². The second kappa shape index (κ2) is 9.66. The minimum Gasteiger partial charge on any atom is -0.452 e. The molecule has 0 atom stereocenters. The molecular formula is C16H15ClFNO3S2. The van der Waals surface area contributed by atoms with E-state index in [2.05, 4.69) is 11.4 Å². The standard InChI is InChI=1S/C16H15ClFNO3S2/c17-11-3-4-14(18)13(8-11)16(21)22-9-15(20)19-5-7-23-10-12-2-1-6-24-12/h1-4,6,8H,5,7,9-10H2,(H,19,20). The Morgan fingerprint density at radius 2 is 2.17 bits per heavy atom. The number of carbonyl (C=O) groups excluding carboxylic acids is 2. The van der Waals surface area contributed by atoms with Crippen LogP contribution in [0.25, 0.3) is 0 Å². The minimum atomic E-state index is -0.919. The second-order valence-electron chi connectivity index (χ2n) is 4.68. The molecule has 1 aromatic carbocycles. The number of hydrogen-bond acceptors (Lipinski definition) is 5. The largest absolute Gasteiger partial charge is 0.452 e. The van der Waals surface area contributed by atoms with Gasteiger partial charge in [0.2, 0.25) is 0 Å². The Morgan fingerprint density at radius 3 is 2.92 bits per heavy atom. The molecule has 0 aliphatic rings. The first-order valence-electron chi connectivity index (χ1n) is 7.05. The zero-order valence-electron chi connectivity index (χ0n) is 12.6. The molecule has 0 fully saturated rings. The van der Waals surface area contributed by atoms with Crippen LogP contribution < -0.4 is 5.32 Å². The van der Waals surface area contributed by atoms with E-state index in [-0.39, 0.29) is 10.6 Å². The first-order chi connectivity index (χ1) is 11.6. The predicted molar refractivity (Wildman–Crippen MR) is 95.2 cm³/mol. The lowest BCUT2D eigenvalue weighted by Crippen LogP contribution is -2.30. The molecule has 0 aliphatic heterocycles. The van der Waals surface area contributed by atoms with E-state index in [0.29, 0.717) is 6.54 Å². The van der Waals surface area contributed by atoms with Crippen LogP contribution in [0.5, 0.6) is 0 Å². The van der Waals surface area contributed by atoms with Crippen molar-refractivity contribution in [3.05, 3.63) is 57.0 Å². The Kier molecular flexibility index (Phi) is 7.55. The van der Waals surface area contributed by atoms with Gasteiger partial charge in [-0.1, -0.05) is 17.7 Å². The lowest BCUT2D eigenvalue weighted by molar-refractivity contribution is -0.124. The number of halogens is 2. The number of thiophene rings is 1. The highest BCUT2D eigenvalue weighted by molar-refractivity contribution is 7.98. The van der Waals surface area contributed by atoms with Gasteiger partial charge in [0, 0.05) is 28.0 Å². The Bertz CT molecular complexity index is 695. The number of thioether (sulfide) groups is 1. The van der Waals surface area contributed by atoms with Crippen molar-refractivity contribution in [2.24, 2.45) is 0 Å². The van der Waals surface area contributed by atoms with E-state index in [9.17, 15) is 14.0 Å². The fraction of sp³-hybridized carbons (Fsp3) is 0.250. The van der Waals surface area contributed by atoms with E-state index in [1.165, 1.54) is 17.0 Å². The van der Waals surface area contributed by atoms with Crippen LogP contribution in [0, 0.1) is 5.82 Å². The summed E-state index contributed by atoms with van der Waals surface area (Å²) in [4.78, 5) is 24.6. The fourth-order valence-electron chi connectivity index (χ4n) is 1.74. The molecule has 2 rings (SSSR count). The van der Waals surface area contributed by atoms with Gasteiger partial charge < -0.3 is 10.1 Å². The van der Waals surface area contributed by atoms with Crippen molar-refractivity contribution in [2.45, 2.75) is 5.75 Å². The third kappa shape index (κ3) is 6.14. The lowest BCUT2D eigenvalue weighted by atomic mass is 10.2. The number of esters is 1.